The third kappa shape index (κ3) is 35.8. The molecule has 0 atom stereocenters. The van der Waals surface area contributed by atoms with Crippen LogP contribution in [-0.4, -0.2) is 23.7 Å². The Morgan fingerprint density at radius 1 is 1.23 bits per heavy atom. The standard InChI is InChI=1S/C7H14O2.C2H4O2/c1-3-4-5-6-9-7(2)8;1-2(3)4/h3-6H2,1-2H3;1H3,(H,3,4). The summed E-state index contributed by atoms with van der Waals surface area (Å²) in [5, 5.41) is 7.42. The molecule has 0 amide bonds. The molecule has 0 heterocycles. The minimum absolute atomic E-state index is 0.175. The maximum atomic E-state index is 10.2. The normalized spacial score (nSPS) is 8.23. The van der Waals surface area contributed by atoms with Crippen LogP contribution in [0.1, 0.15) is 40.0 Å². The lowest BCUT2D eigenvalue weighted by Crippen LogP contribution is -1.99. The molecule has 13 heavy (non-hydrogen) atoms. The number of carbonyl (C=O) groups excluding carboxylic acids is 1. The Morgan fingerprint density at radius 2 is 1.69 bits per heavy atom. The minimum Gasteiger partial charge on any atom is -0.481 e. The molecular formula is C9H18O4. The van der Waals surface area contributed by atoms with Gasteiger partial charge in [-0.25, -0.2) is 0 Å². The van der Waals surface area contributed by atoms with Crippen LogP contribution in [0.5, 0.6) is 0 Å². The molecule has 1 N–H and O–H groups in total. The molecule has 4 heteroatoms. The second-order valence-electron chi connectivity index (χ2n) is 2.57. The fourth-order valence-corrected chi connectivity index (χ4v) is 0.568. The van der Waals surface area contributed by atoms with Gasteiger partial charge < -0.3 is 9.84 Å². The van der Waals surface area contributed by atoms with E-state index in [9.17, 15) is 4.79 Å². The first-order valence-corrected chi connectivity index (χ1v) is 4.33. The smallest absolute Gasteiger partial charge is 0.302 e. The molecule has 0 bridgehead atoms. The highest BCUT2D eigenvalue weighted by molar-refractivity contribution is 5.65. The number of aliphatic carboxylic acids is 1. The van der Waals surface area contributed by atoms with Gasteiger partial charge in [0.15, 0.2) is 0 Å². The molecule has 4 nitrogen and oxygen atoms in total. The Kier molecular flexibility index (Phi) is 12.2. The van der Waals surface area contributed by atoms with Gasteiger partial charge in [-0.3, -0.25) is 9.59 Å². The molecule has 0 aliphatic heterocycles. The Balaban J connectivity index is 0. The second-order valence-corrected chi connectivity index (χ2v) is 2.57. The predicted octanol–water partition coefficient (Wildman–Crippen LogP) is 1.83. The van der Waals surface area contributed by atoms with Crippen LogP contribution in [0.25, 0.3) is 0 Å². The zero-order valence-corrected chi connectivity index (χ0v) is 8.50. The van der Waals surface area contributed by atoms with Crippen molar-refractivity contribution in [2.45, 2.75) is 40.0 Å². The maximum absolute atomic E-state index is 10.2. The minimum atomic E-state index is -0.833. The van der Waals surface area contributed by atoms with Crippen molar-refractivity contribution in [3.8, 4) is 0 Å². The van der Waals surface area contributed by atoms with Crippen LogP contribution >= 0.6 is 0 Å². The van der Waals surface area contributed by atoms with Crippen molar-refractivity contribution in [2.75, 3.05) is 6.61 Å². The molecule has 78 valence electrons. The van der Waals surface area contributed by atoms with Crippen LogP contribution in [0.15, 0.2) is 0 Å². The Morgan fingerprint density at radius 3 is 2.00 bits per heavy atom. The summed E-state index contributed by atoms with van der Waals surface area (Å²) in [5.41, 5.74) is 0. The van der Waals surface area contributed by atoms with Gasteiger partial charge in [-0.15, -0.1) is 0 Å². The van der Waals surface area contributed by atoms with Gasteiger partial charge >= 0.3 is 5.97 Å². The van der Waals surface area contributed by atoms with Crippen molar-refractivity contribution in [1.82, 2.24) is 0 Å². The van der Waals surface area contributed by atoms with Crippen LogP contribution in [0.2, 0.25) is 0 Å². The fraction of sp³-hybridized carbons (Fsp3) is 0.778. The van der Waals surface area contributed by atoms with Gasteiger partial charge in [0.1, 0.15) is 0 Å². The Bertz CT molecular complexity index is 139. The third-order valence-electron chi connectivity index (χ3n) is 1.05. The molecular weight excluding hydrogens is 172 g/mol. The van der Waals surface area contributed by atoms with E-state index in [1.54, 1.807) is 0 Å². The summed E-state index contributed by atoms with van der Waals surface area (Å²) >= 11 is 0. The zero-order chi connectivity index (χ0) is 10.7. The molecule has 0 aliphatic rings. The van der Waals surface area contributed by atoms with Gasteiger partial charge in [0.05, 0.1) is 6.61 Å². The summed E-state index contributed by atoms with van der Waals surface area (Å²) in [6.07, 6.45) is 3.31. The SMILES string of the molecule is CC(=O)O.CCCCCOC(C)=O. The molecule has 0 rings (SSSR count). The highest BCUT2D eigenvalue weighted by atomic mass is 16.5. The first-order chi connectivity index (χ1) is 6.00. The first-order valence-electron chi connectivity index (χ1n) is 4.33. The number of rotatable bonds is 4. The van der Waals surface area contributed by atoms with E-state index < -0.39 is 5.97 Å². The summed E-state index contributed by atoms with van der Waals surface area (Å²) in [5.74, 6) is -1.01. The third-order valence-corrected chi connectivity index (χ3v) is 1.05. The van der Waals surface area contributed by atoms with Crippen LogP contribution < -0.4 is 0 Å². The van der Waals surface area contributed by atoms with Crippen LogP contribution in [0, 0.1) is 0 Å². The van der Waals surface area contributed by atoms with E-state index in [1.165, 1.54) is 13.3 Å². The Hall–Kier alpha value is -1.06. The molecule has 0 radical (unpaired) electrons. The maximum Gasteiger partial charge on any atom is 0.302 e. The summed E-state index contributed by atoms with van der Waals surface area (Å²) in [6, 6.07) is 0. The highest BCUT2D eigenvalue weighted by Crippen LogP contribution is 1.93. The second kappa shape index (κ2) is 10.9. The van der Waals surface area contributed by atoms with Crippen molar-refractivity contribution in [1.29, 1.82) is 0 Å². The summed E-state index contributed by atoms with van der Waals surface area (Å²) in [7, 11) is 0. The molecule has 0 saturated carbocycles. The van der Waals surface area contributed by atoms with Gasteiger partial charge in [0.2, 0.25) is 0 Å². The molecule has 0 unspecified atom stereocenters. The lowest BCUT2D eigenvalue weighted by atomic mass is 10.3. The van der Waals surface area contributed by atoms with Gasteiger partial charge in [0.25, 0.3) is 5.97 Å². The van der Waals surface area contributed by atoms with Gasteiger partial charge in [0, 0.05) is 13.8 Å². The number of hydrogen-bond acceptors (Lipinski definition) is 3. The number of carbonyl (C=O) groups is 2. The van der Waals surface area contributed by atoms with Gasteiger partial charge in [-0.2, -0.15) is 0 Å². The highest BCUT2D eigenvalue weighted by Gasteiger charge is 1.89. The van der Waals surface area contributed by atoms with Crippen LogP contribution in [0.4, 0.5) is 0 Å². The van der Waals surface area contributed by atoms with E-state index in [0.29, 0.717) is 6.61 Å². The van der Waals surface area contributed by atoms with Crippen molar-refractivity contribution >= 4 is 11.9 Å². The average Bonchev–Trinajstić information content (AvgIpc) is 1.97. The summed E-state index contributed by atoms with van der Waals surface area (Å²) < 4.78 is 4.70. The lowest BCUT2D eigenvalue weighted by Gasteiger charge is -1.98. The molecule has 0 aromatic heterocycles. The monoisotopic (exact) mass is 190 g/mol. The Labute approximate surface area is 78.9 Å². The van der Waals surface area contributed by atoms with E-state index in [2.05, 4.69) is 6.92 Å². The van der Waals surface area contributed by atoms with Crippen molar-refractivity contribution < 1.29 is 19.4 Å². The first kappa shape index (κ1) is 14.5. The molecule has 0 fully saturated rings. The van der Waals surface area contributed by atoms with Gasteiger partial charge in [-0.1, -0.05) is 19.8 Å². The van der Waals surface area contributed by atoms with Crippen LogP contribution in [0.3, 0.4) is 0 Å². The van der Waals surface area contributed by atoms with Crippen molar-refractivity contribution in [2.24, 2.45) is 0 Å². The van der Waals surface area contributed by atoms with E-state index in [-0.39, 0.29) is 5.97 Å². The zero-order valence-electron chi connectivity index (χ0n) is 8.50. The largest absolute Gasteiger partial charge is 0.481 e. The quantitative estimate of drug-likeness (QED) is 0.542. The number of hydrogen-bond donors (Lipinski definition) is 1. The van der Waals surface area contributed by atoms with E-state index >= 15 is 0 Å². The summed E-state index contributed by atoms with van der Waals surface area (Å²) in [4.78, 5) is 19.2. The topological polar surface area (TPSA) is 63.6 Å². The number of ether oxygens (including phenoxy) is 1. The summed E-state index contributed by atoms with van der Waals surface area (Å²) in [6.45, 7) is 5.23. The van der Waals surface area contributed by atoms with E-state index in [0.717, 1.165) is 19.8 Å². The molecule has 0 saturated heterocycles. The number of carboxylic acid groups (broad SMARTS) is 1. The van der Waals surface area contributed by atoms with E-state index in [1.807, 2.05) is 0 Å². The number of carboxylic acids is 1. The van der Waals surface area contributed by atoms with Gasteiger partial charge in [-0.05, 0) is 6.42 Å². The van der Waals surface area contributed by atoms with Crippen LogP contribution in [-0.2, 0) is 14.3 Å². The molecule has 0 aromatic carbocycles. The predicted molar refractivity (Wildman–Crippen MR) is 49.5 cm³/mol. The number of esters is 1. The fourth-order valence-electron chi connectivity index (χ4n) is 0.568. The number of unbranched alkanes of at least 4 members (excludes halogenated alkanes) is 2. The molecule has 0 spiro atoms. The lowest BCUT2D eigenvalue weighted by molar-refractivity contribution is -0.141. The molecule has 0 aliphatic carbocycles. The van der Waals surface area contributed by atoms with E-state index in [4.69, 9.17) is 14.6 Å². The van der Waals surface area contributed by atoms with Crippen molar-refractivity contribution in [3.05, 3.63) is 0 Å². The van der Waals surface area contributed by atoms with Crippen molar-refractivity contribution in [3.63, 3.8) is 0 Å². The average molecular weight is 190 g/mol. The molecule has 0 aromatic rings.